The molecule has 0 aliphatic heterocycles. The van der Waals surface area contributed by atoms with Crippen molar-refractivity contribution >= 4 is 12.6 Å². The summed E-state index contributed by atoms with van der Waals surface area (Å²) in [6.45, 7) is 20.0. The first-order valence-corrected chi connectivity index (χ1v) is 8.20. The lowest BCUT2D eigenvalue weighted by atomic mass is 9.53. The van der Waals surface area contributed by atoms with Gasteiger partial charge < -0.3 is 5.11 Å². The largest absolute Gasteiger partial charge is 0.392 e. The van der Waals surface area contributed by atoms with E-state index in [0.29, 0.717) is 0 Å². The van der Waals surface area contributed by atoms with Crippen molar-refractivity contribution in [2.75, 3.05) is 5.75 Å². The highest BCUT2D eigenvalue weighted by molar-refractivity contribution is 7.80. The van der Waals surface area contributed by atoms with E-state index in [1.807, 2.05) is 0 Å². The number of rotatable bonds is 7. The Balaban J connectivity index is 5.45. The van der Waals surface area contributed by atoms with Crippen molar-refractivity contribution in [1.29, 1.82) is 0 Å². The molecule has 0 aromatic rings. The van der Waals surface area contributed by atoms with Gasteiger partial charge in [-0.1, -0.05) is 68.7 Å². The first kappa shape index (κ1) is 19.3. The monoisotopic (exact) mass is 288 g/mol. The molecule has 0 bridgehead atoms. The van der Waals surface area contributed by atoms with Gasteiger partial charge in [-0.15, -0.1) is 0 Å². The Morgan fingerprint density at radius 1 is 0.842 bits per heavy atom. The van der Waals surface area contributed by atoms with Crippen LogP contribution in [0.25, 0.3) is 0 Å². The van der Waals surface area contributed by atoms with Gasteiger partial charge in [-0.2, -0.15) is 12.6 Å². The molecule has 0 saturated carbocycles. The lowest BCUT2D eigenvalue weighted by Gasteiger charge is -2.55. The highest BCUT2D eigenvalue weighted by atomic mass is 32.1. The van der Waals surface area contributed by atoms with Crippen molar-refractivity contribution in [3.63, 3.8) is 0 Å². The van der Waals surface area contributed by atoms with Crippen LogP contribution in [0.5, 0.6) is 0 Å². The minimum atomic E-state index is -0.358. The molecule has 0 aliphatic carbocycles. The van der Waals surface area contributed by atoms with Gasteiger partial charge in [0.25, 0.3) is 0 Å². The Labute approximate surface area is 127 Å². The van der Waals surface area contributed by atoms with Gasteiger partial charge in [-0.05, 0) is 33.8 Å². The SMILES string of the molecule is CCCC(C)(C)C(C)(C)C(O)C(C)(C)C(C)(C)CS. The fraction of sp³-hybridized carbons (Fsp3) is 1.00. The van der Waals surface area contributed by atoms with Crippen LogP contribution in [0.1, 0.15) is 75.2 Å². The molecule has 1 unspecified atom stereocenters. The summed E-state index contributed by atoms with van der Waals surface area (Å²) in [5.74, 6) is 0.779. The normalized spacial score (nSPS) is 16.6. The molecule has 0 aromatic carbocycles. The summed E-state index contributed by atoms with van der Waals surface area (Å²) in [7, 11) is 0. The molecule has 116 valence electrons. The maximum atomic E-state index is 11.1. The highest BCUT2D eigenvalue weighted by Gasteiger charge is 2.52. The quantitative estimate of drug-likeness (QED) is 0.618. The molecule has 0 rings (SSSR count). The lowest BCUT2D eigenvalue weighted by Crippen LogP contribution is -2.54. The van der Waals surface area contributed by atoms with E-state index in [-0.39, 0.29) is 27.8 Å². The van der Waals surface area contributed by atoms with Gasteiger partial charge in [-0.25, -0.2) is 0 Å². The van der Waals surface area contributed by atoms with Crippen molar-refractivity contribution in [3.8, 4) is 0 Å². The fourth-order valence-corrected chi connectivity index (χ4v) is 3.20. The summed E-state index contributed by atoms with van der Waals surface area (Å²) in [5, 5.41) is 11.1. The van der Waals surface area contributed by atoms with Gasteiger partial charge in [0.15, 0.2) is 0 Å². The number of aliphatic hydroxyl groups is 1. The van der Waals surface area contributed by atoms with E-state index in [0.717, 1.165) is 18.6 Å². The third-order valence-electron chi connectivity index (χ3n) is 6.13. The van der Waals surface area contributed by atoms with E-state index >= 15 is 0 Å². The minimum Gasteiger partial charge on any atom is -0.392 e. The van der Waals surface area contributed by atoms with E-state index in [1.165, 1.54) is 0 Å². The molecule has 0 saturated heterocycles. The van der Waals surface area contributed by atoms with Crippen LogP contribution in [0.4, 0.5) is 0 Å². The number of hydrogen-bond acceptors (Lipinski definition) is 2. The average molecular weight is 289 g/mol. The Morgan fingerprint density at radius 2 is 1.21 bits per heavy atom. The first-order valence-electron chi connectivity index (χ1n) is 7.57. The van der Waals surface area contributed by atoms with Gasteiger partial charge in [0, 0.05) is 0 Å². The van der Waals surface area contributed by atoms with E-state index in [2.05, 4.69) is 74.9 Å². The summed E-state index contributed by atoms with van der Waals surface area (Å²) in [6, 6.07) is 0. The van der Waals surface area contributed by atoms with Gasteiger partial charge >= 0.3 is 0 Å². The maximum absolute atomic E-state index is 11.1. The molecule has 2 heteroatoms. The van der Waals surface area contributed by atoms with Crippen molar-refractivity contribution in [2.45, 2.75) is 81.3 Å². The summed E-state index contributed by atoms with van der Waals surface area (Å²) < 4.78 is 0. The molecule has 0 radical (unpaired) electrons. The van der Waals surface area contributed by atoms with Crippen LogP contribution in [0.3, 0.4) is 0 Å². The van der Waals surface area contributed by atoms with Crippen LogP contribution in [0.15, 0.2) is 0 Å². The van der Waals surface area contributed by atoms with E-state index in [1.54, 1.807) is 0 Å². The Kier molecular flexibility index (Phi) is 6.07. The second-order valence-electron chi connectivity index (χ2n) is 8.52. The molecule has 1 atom stereocenters. The Morgan fingerprint density at radius 3 is 1.53 bits per heavy atom. The van der Waals surface area contributed by atoms with Crippen LogP contribution in [0.2, 0.25) is 0 Å². The molecular weight excluding hydrogens is 252 g/mol. The second kappa shape index (κ2) is 5.97. The van der Waals surface area contributed by atoms with Gasteiger partial charge in [0.2, 0.25) is 0 Å². The second-order valence-corrected chi connectivity index (χ2v) is 8.84. The standard InChI is InChI=1S/C17H36OS/c1-10-11-14(2,3)16(6,7)13(18)17(8,9)15(4,5)12-19/h13,18-19H,10-12H2,1-9H3. The van der Waals surface area contributed by atoms with Crippen molar-refractivity contribution < 1.29 is 5.11 Å². The molecule has 0 aromatic heterocycles. The third kappa shape index (κ3) is 3.50. The zero-order valence-electron chi connectivity index (χ0n) is 14.6. The van der Waals surface area contributed by atoms with Crippen molar-refractivity contribution in [1.82, 2.24) is 0 Å². The predicted molar refractivity (Wildman–Crippen MR) is 89.9 cm³/mol. The molecule has 0 fully saturated rings. The summed E-state index contributed by atoms with van der Waals surface area (Å²) in [5.41, 5.74) is -0.198. The highest BCUT2D eigenvalue weighted by Crippen LogP contribution is 2.54. The fourth-order valence-electron chi connectivity index (χ4n) is 2.79. The van der Waals surface area contributed by atoms with E-state index in [9.17, 15) is 5.11 Å². The Hall–Kier alpha value is 0.310. The van der Waals surface area contributed by atoms with Crippen LogP contribution >= 0.6 is 12.6 Å². The number of hydrogen-bond donors (Lipinski definition) is 2. The molecule has 1 N–H and O–H groups in total. The van der Waals surface area contributed by atoms with Gasteiger partial charge in [0.05, 0.1) is 6.10 Å². The molecular formula is C17H36OS. The minimum absolute atomic E-state index is 0.00487. The maximum Gasteiger partial charge on any atom is 0.0652 e. The van der Waals surface area contributed by atoms with Crippen LogP contribution in [0, 0.1) is 21.7 Å². The average Bonchev–Trinajstić information content (AvgIpc) is 2.27. The number of thiol groups is 1. The summed E-state index contributed by atoms with van der Waals surface area (Å²) >= 11 is 4.49. The molecule has 1 nitrogen and oxygen atoms in total. The zero-order valence-corrected chi connectivity index (χ0v) is 15.5. The molecule has 0 aliphatic rings. The Bertz CT molecular complexity index is 290. The van der Waals surface area contributed by atoms with Crippen molar-refractivity contribution in [2.24, 2.45) is 21.7 Å². The predicted octanol–water partition coefficient (Wildman–Crippen LogP) is 5.18. The van der Waals surface area contributed by atoms with Gasteiger partial charge in [-0.3, -0.25) is 0 Å². The first-order chi connectivity index (χ1) is 8.28. The molecule has 19 heavy (non-hydrogen) atoms. The van der Waals surface area contributed by atoms with E-state index < -0.39 is 0 Å². The van der Waals surface area contributed by atoms with E-state index in [4.69, 9.17) is 0 Å². The zero-order chi connectivity index (χ0) is 15.7. The molecule has 0 heterocycles. The smallest absolute Gasteiger partial charge is 0.0652 e. The molecule has 0 spiro atoms. The van der Waals surface area contributed by atoms with Crippen LogP contribution < -0.4 is 0 Å². The number of aliphatic hydroxyl groups excluding tert-OH is 1. The molecule has 0 amide bonds. The van der Waals surface area contributed by atoms with Crippen LogP contribution in [-0.2, 0) is 0 Å². The summed E-state index contributed by atoms with van der Waals surface area (Å²) in [6.07, 6.45) is 1.93. The third-order valence-corrected chi connectivity index (χ3v) is 6.92. The topological polar surface area (TPSA) is 20.2 Å². The van der Waals surface area contributed by atoms with Crippen LogP contribution in [-0.4, -0.2) is 17.0 Å². The lowest BCUT2D eigenvalue weighted by molar-refractivity contribution is -0.134. The van der Waals surface area contributed by atoms with Crippen molar-refractivity contribution in [3.05, 3.63) is 0 Å². The van der Waals surface area contributed by atoms with Gasteiger partial charge in [0.1, 0.15) is 0 Å². The summed E-state index contributed by atoms with van der Waals surface area (Å²) in [4.78, 5) is 0.